The summed E-state index contributed by atoms with van der Waals surface area (Å²) in [5.74, 6) is -1.25. The minimum atomic E-state index is -1.64. The van der Waals surface area contributed by atoms with Gasteiger partial charge in [0, 0.05) is 24.3 Å². The Balaban J connectivity index is 1.65. The van der Waals surface area contributed by atoms with E-state index >= 15 is 0 Å². The van der Waals surface area contributed by atoms with Crippen molar-refractivity contribution < 1.29 is 19.4 Å². The quantitative estimate of drug-likeness (QED) is 0.428. The fourth-order valence-electron chi connectivity index (χ4n) is 3.11. The second-order valence-electron chi connectivity index (χ2n) is 6.90. The number of anilines is 1. The van der Waals surface area contributed by atoms with Gasteiger partial charge in [-0.05, 0) is 42.3 Å². The van der Waals surface area contributed by atoms with Crippen molar-refractivity contribution in [2.75, 3.05) is 18.5 Å². The second kappa shape index (κ2) is 8.85. The number of hydrogen-bond donors (Lipinski definition) is 4. The van der Waals surface area contributed by atoms with E-state index in [-0.39, 0.29) is 12.4 Å². The lowest BCUT2D eigenvalue weighted by Crippen LogP contribution is -2.55. The monoisotopic (exact) mass is 396 g/mol. The summed E-state index contributed by atoms with van der Waals surface area (Å²) in [7, 11) is 0. The molecule has 0 aromatic heterocycles. The number of nitrogens with one attached hydrogen (secondary N) is 2. The Morgan fingerprint density at radius 1 is 1.31 bits per heavy atom. The van der Waals surface area contributed by atoms with Crippen LogP contribution in [0.5, 0.6) is 0 Å². The van der Waals surface area contributed by atoms with Crippen LogP contribution in [0, 0.1) is 12.3 Å². The summed E-state index contributed by atoms with van der Waals surface area (Å²) < 4.78 is 5.41. The van der Waals surface area contributed by atoms with Crippen molar-refractivity contribution in [3.63, 3.8) is 0 Å². The number of nitrogen functional groups attached to an aromatic ring is 1. The van der Waals surface area contributed by atoms with Gasteiger partial charge in [-0.2, -0.15) is 0 Å². The molecule has 8 heteroatoms. The van der Waals surface area contributed by atoms with Gasteiger partial charge in [-0.15, -0.1) is 0 Å². The summed E-state index contributed by atoms with van der Waals surface area (Å²) in [5.41, 5.74) is 8.40. The third-order valence-corrected chi connectivity index (χ3v) is 4.85. The zero-order chi connectivity index (χ0) is 21.0. The first-order valence-electron chi connectivity index (χ1n) is 9.25. The predicted octanol–water partition coefficient (Wildman–Crippen LogP) is 1.01. The molecule has 0 saturated carbocycles. The van der Waals surface area contributed by atoms with Crippen LogP contribution in [-0.4, -0.2) is 53.0 Å². The van der Waals surface area contributed by atoms with Crippen LogP contribution in [-0.2, 0) is 20.9 Å². The number of carbonyl (C=O) groups is 2. The lowest BCUT2D eigenvalue weighted by Gasteiger charge is -2.34. The summed E-state index contributed by atoms with van der Waals surface area (Å²) in [6.45, 7) is 2.99. The first kappa shape index (κ1) is 20.5. The molecule has 29 heavy (non-hydrogen) atoms. The molecule has 8 nitrogen and oxygen atoms in total. The molecule has 1 aliphatic rings. The number of amides is 2. The van der Waals surface area contributed by atoms with E-state index in [4.69, 9.17) is 15.9 Å². The number of aliphatic hydroxyl groups excluding tert-OH is 1. The molecular formula is C21H24N4O4. The molecule has 1 heterocycles. The Morgan fingerprint density at radius 2 is 2.00 bits per heavy atom. The van der Waals surface area contributed by atoms with Crippen molar-refractivity contribution in [1.29, 1.82) is 5.41 Å². The zero-order valence-electron chi connectivity index (χ0n) is 16.1. The molecule has 0 unspecified atom stereocenters. The molecule has 1 aliphatic heterocycles. The molecule has 2 atom stereocenters. The van der Waals surface area contributed by atoms with Crippen LogP contribution in [0.2, 0.25) is 0 Å². The molecule has 2 aromatic rings. The number of morpholine rings is 1. The van der Waals surface area contributed by atoms with E-state index < -0.39 is 24.0 Å². The Morgan fingerprint density at radius 3 is 2.66 bits per heavy atom. The summed E-state index contributed by atoms with van der Waals surface area (Å²) in [5, 5.41) is 20.3. The normalized spacial score (nSPS) is 17.7. The number of rotatable bonds is 6. The molecule has 0 spiro atoms. The summed E-state index contributed by atoms with van der Waals surface area (Å²) >= 11 is 0. The van der Waals surface area contributed by atoms with Crippen molar-refractivity contribution in [3.8, 4) is 0 Å². The smallest absolute Gasteiger partial charge is 0.256 e. The Bertz CT molecular complexity index is 913. The van der Waals surface area contributed by atoms with Crippen molar-refractivity contribution in [2.24, 2.45) is 5.73 Å². The van der Waals surface area contributed by atoms with E-state index in [0.29, 0.717) is 24.3 Å². The number of nitrogens with two attached hydrogens (primary N) is 1. The summed E-state index contributed by atoms with van der Waals surface area (Å²) in [6.07, 6.45) is -2.90. The van der Waals surface area contributed by atoms with Crippen LogP contribution in [0.3, 0.4) is 0 Å². The molecule has 0 aliphatic carbocycles. The van der Waals surface area contributed by atoms with Crippen LogP contribution in [0.1, 0.15) is 16.7 Å². The maximum absolute atomic E-state index is 12.8. The number of carbonyl (C=O) groups excluding carboxylic acids is 2. The number of ether oxygens (including phenoxy) is 1. The van der Waals surface area contributed by atoms with Gasteiger partial charge in [0.15, 0.2) is 12.2 Å². The predicted molar refractivity (Wildman–Crippen MR) is 108 cm³/mol. The number of benzene rings is 2. The topological polar surface area (TPSA) is 129 Å². The van der Waals surface area contributed by atoms with Crippen LogP contribution in [0.4, 0.5) is 5.69 Å². The fourth-order valence-corrected chi connectivity index (χ4v) is 3.11. The number of hydrogen-bond acceptors (Lipinski definition) is 5. The molecule has 0 bridgehead atoms. The third kappa shape index (κ3) is 4.79. The molecule has 3 rings (SSSR count). The Labute approximate surface area is 168 Å². The van der Waals surface area contributed by atoms with Crippen molar-refractivity contribution in [3.05, 3.63) is 65.2 Å². The zero-order valence-corrected chi connectivity index (χ0v) is 16.1. The van der Waals surface area contributed by atoms with E-state index in [2.05, 4.69) is 5.32 Å². The van der Waals surface area contributed by atoms with Gasteiger partial charge in [-0.25, -0.2) is 0 Å². The Hall–Kier alpha value is -3.23. The van der Waals surface area contributed by atoms with Crippen LogP contribution in [0.15, 0.2) is 48.5 Å². The highest BCUT2D eigenvalue weighted by molar-refractivity contribution is 5.99. The standard InChI is InChI=1S/C21H24N4O4/c1-13-4-2-3-5-15(13)12-25-10-11-29-18(21(25)28)17(26)20(27)24-16-8-6-14(7-9-16)19(22)23/h2-9,17-18,26H,10-12H2,1H3,(H3,22,23)(H,24,27)/t17-,18-/m1/s1. The highest BCUT2D eigenvalue weighted by Gasteiger charge is 2.38. The molecule has 2 amide bonds. The van der Waals surface area contributed by atoms with Crippen molar-refractivity contribution in [1.82, 2.24) is 4.90 Å². The fraction of sp³-hybridized carbons (Fsp3) is 0.286. The van der Waals surface area contributed by atoms with Crippen molar-refractivity contribution in [2.45, 2.75) is 25.7 Å². The van der Waals surface area contributed by atoms with Gasteiger partial charge < -0.3 is 25.8 Å². The molecular weight excluding hydrogens is 372 g/mol. The third-order valence-electron chi connectivity index (χ3n) is 4.85. The molecule has 5 N–H and O–H groups in total. The first-order valence-corrected chi connectivity index (χ1v) is 9.25. The number of amidine groups is 1. The van der Waals surface area contributed by atoms with E-state index in [1.165, 1.54) is 0 Å². The summed E-state index contributed by atoms with van der Waals surface area (Å²) in [6, 6.07) is 14.0. The van der Waals surface area contributed by atoms with E-state index in [1.54, 1.807) is 29.2 Å². The molecule has 1 saturated heterocycles. The average molecular weight is 396 g/mol. The van der Waals surface area contributed by atoms with E-state index in [1.807, 2.05) is 31.2 Å². The molecule has 152 valence electrons. The number of aliphatic hydroxyl groups is 1. The molecule has 0 radical (unpaired) electrons. The van der Waals surface area contributed by atoms with Crippen molar-refractivity contribution >= 4 is 23.3 Å². The van der Waals surface area contributed by atoms with E-state index in [9.17, 15) is 14.7 Å². The highest BCUT2D eigenvalue weighted by atomic mass is 16.5. The maximum Gasteiger partial charge on any atom is 0.256 e. The van der Waals surface area contributed by atoms with Crippen LogP contribution in [0.25, 0.3) is 0 Å². The minimum Gasteiger partial charge on any atom is -0.384 e. The van der Waals surface area contributed by atoms with Crippen LogP contribution >= 0.6 is 0 Å². The Kier molecular flexibility index (Phi) is 6.26. The van der Waals surface area contributed by atoms with Gasteiger partial charge in [0.1, 0.15) is 5.84 Å². The first-order chi connectivity index (χ1) is 13.9. The van der Waals surface area contributed by atoms with Gasteiger partial charge in [-0.3, -0.25) is 15.0 Å². The van der Waals surface area contributed by atoms with Gasteiger partial charge >= 0.3 is 0 Å². The summed E-state index contributed by atoms with van der Waals surface area (Å²) in [4.78, 5) is 26.8. The molecule has 2 aromatic carbocycles. The number of nitrogens with zero attached hydrogens (tertiary/aromatic N) is 1. The largest absolute Gasteiger partial charge is 0.384 e. The lowest BCUT2D eigenvalue weighted by atomic mass is 10.1. The van der Waals surface area contributed by atoms with E-state index in [0.717, 1.165) is 11.1 Å². The highest BCUT2D eigenvalue weighted by Crippen LogP contribution is 2.18. The van der Waals surface area contributed by atoms with Gasteiger partial charge in [0.05, 0.1) is 6.61 Å². The lowest BCUT2D eigenvalue weighted by molar-refractivity contribution is -0.166. The van der Waals surface area contributed by atoms with Gasteiger partial charge in [0.25, 0.3) is 11.8 Å². The second-order valence-corrected chi connectivity index (χ2v) is 6.90. The van der Waals surface area contributed by atoms with Gasteiger partial charge in [0.2, 0.25) is 0 Å². The van der Waals surface area contributed by atoms with Crippen LogP contribution < -0.4 is 11.1 Å². The average Bonchev–Trinajstić information content (AvgIpc) is 2.71. The SMILES string of the molecule is Cc1ccccc1CN1CCO[C@H]([C@@H](O)C(=O)Nc2ccc(C(=N)N)cc2)C1=O. The van der Waals surface area contributed by atoms with Gasteiger partial charge in [-0.1, -0.05) is 24.3 Å². The minimum absolute atomic E-state index is 0.0853. The number of aryl methyl sites for hydroxylation is 1. The maximum atomic E-state index is 12.8. The molecule has 1 fully saturated rings.